The van der Waals surface area contributed by atoms with Crippen LogP contribution in [0.5, 0.6) is 0 Å². The minimum atomic E-state index is 0.228. The molecule has 1 aromatic rings. The van der Waals surface area contributed by atoms with E-state index >= 15 is 0 Å². The molecule has 1 atom stereocenters. The van der Waals surface area contributed by atoms with Crippen LogP contribution in [0.15, 0.2) is 18.3 Å². The molecule has 2 heterocycles. The Balaban J connectivity index is 1.90. The lowest BCUT2D eigenvalue weighted by molar-refractivity contribution is 0.00882. The number of nitrogens with one attached hydrogen (secondary N) is 1. The zero-order valence-corrected chi connectivity index (χ0v) is 10.6. The molecule has 2 rings (SSSR count). The molecule has 1 aromatic heterocycles. The number of ether oxygens (including phenoxy) is 1. The molecule has 1 unspecified atom stereocenters. The number of pyridine rings is 1. The third-order valence-corrected chi connectivity index (χ3v) is 2.96. The van der Waals surface area contributed by atoms with E-state index in [1.54, 1.807) is 6.20 Å². The number of likely N-dealkylation sites (N-methyl/N-ethyl adjacent to an activating group) is 1. The number of nitriles is 1. The van der Waals surface area contributed by atoms with Crippen molar-refractivity contribution in [3.05, 3.63) is 29.6 Å². The molecule has 18 heavy (non-hydrogen) atoms. The van der Waals surface area contributed by atoms with Gasteiger partial charge in [-0.2, -0.15) is 5.26 Å². The number of nitrogens with zero attached hydrogens (tertiary/aromatic N) is 3. The van der Waals surface area contributed by atoms with Gasteiger partial charge in [0.05, 0.1) is 12.7 Å². The first kappa shape index (κ1) is 13.0. The van der Waals surface area contributed by atoms with E-state index in [0.29, 0.717) is 5.69 Å². The molecule has 0 saturated carbocycles. The smallest absolute Gasteiger partial charge is 0.144 e. The molecule has 5 heteroatoms. The summed E-state index contributed by atoms with van der Waals surface area (Å²) in [6.07, 6.45) is 1.88. The molecule has 0 amide bonds. The molecule has 0 spiro atoms. The molecule has 1 saturated heterocycles. The van der Waals surface area contributed by atoms with Crippen LogP contribution in [-0.4, -0.2) is 49.3 Å². The molecular formula is C13H18N4O. The zero-order valence-electron chi connectivity index (χ0n) is 10.6. The molecule has 1 aliphatic heterocycles. The van der Waals surface area contributed by atoms with Gasteiger partial charge in [-0.15, -0.1) is 0 Å². The lowest BCUT2D eigenvalue weighted by Gasteiger charge is -2.28. The number of morpholine rings is 1. The Hall–Kier alpha value is -1.48. The molecule has 1 N–H and O–H groups in total. The van der Waals surface area contributed by atoms with Gasteiger partial charge in [0.2, 0.25) is 0 Å². The third kappa shape index (κ3) is 3.50. The Morgan fingerprint density at radius 3 is 3.28 bits per heavy atom. The van der Waals surface area contributed by atoms with Crippen LogP contribution in [0.3, 0.4) is 0 Å². The van der Waals surface area contributed by atoms with Crippen LogP contribution < -0.4 is 5.32 Å². The Kier molecular flexibility index (Phi) is 4.65. The second-order valence-corrected chi connectivity index (χ2v) is 4.52. The first-order valence-corrected chi connectivity index (χ1v) is 6.14. The van der Waals surface area contributed by atoms with Gasteiger partial charge in [0.25, 0.3) is 0 Å². The van der Waals surface area contributed by atoms with E-state index in [2.05, 4.69) is 21.3 Å². The average molecular weight is 246 g/mol. The monoisotopic (exact) mass is 246 g/mol. The zero-order chi connectivity index (χ0) is 12.8. The second-order valence-electron chi connectivity index (χ2n) is 4.52. The normalized spacial score (nSPS) is 19.7. The quantitative estimate of drug-likeness (QED) is 0.832. The SMILES string of the molecule is CN(Cc1cccnc1C#N)CC1CNCCO1. The predicted octanol–water partition coefficient (Wildman–Crippen LogP) is 0.373. The van der Waals surface area contributed by atoms with Crippen LogP contribution in [-0.2, 0) is 11.3 Å². The van der Waals surface area contributed by atoms with Gasteiger partial charge in [-0.25, -0.2) is 4.98 Å². The summed E-state index contributed by atoms with van der Waals surface area (Å²) >= 11 is 0. The summed E-state index contributed by atoms with van der Waals surface area (Å²) in [7, 11) is 2.03. The van der Waals surface area contributed by atoms with Crippen molar-refractivity contribution >= 4 is 0 Å². The van der Waals surface area contributed by atoms with Gasteiger partial charge in [-0.05, 0) is 13.1 Å². The summed E-state index contributed by atoms with van der Waals surface area (Å²) < 4.78 is 5.66. The maximum absolute atomic E-state index is 8.99. The van der Waals surface area contributed by atoms with E-state index in [1.165, 1.54) is 0 Å². The number of hydrogen-bond acceptors (Lipinski definition) is 5. The third-order valence-electron chi connectivity index (χ3n) is 2.96. The number of aromatic nitrogens is 1. The van der Waals surface area contributed by atoms with Crippen molar-refractivity contribution in [2.75, 3.05) is 33.3 Å². The van der Waals surface area contributed by atoms with E-state index in [1.807, 2.05) is 19.2 Å². The summed E-state index contributed by atoms with van der Waals surface area (Å²) in [5, 5.41) is 12.3. The highest BCUT2D eigenvalue weighted by Gasteiger charge is 2.16. The van der Waals surface area contributed by atoms with E-state index < -0.39 is 0 Å². The molecule has 0 aromatic carbocycles. The van der Waals surface area contributed by atoms with Crippen molar-refractivity contribution in [2.45, 2.75) is 12.6 Å². The fourth-order valence-corrected chi connectivity index (χ4v) is 2.11. The minimum absolute atomic E-state index is 0.228. The first-order valence-electron chi connectivity index (χ1n) is 6.14. The Labute approximate surface area is 107 Å². The predicted molar refractivity (Wildman–Crippen MR) is 67.9 cm³/mol. The standard InChI is InChI=1S/C13H18N4O/c1-17(10-12-8-15-5-6-18-12)9-11-3-2-4-16-13(11)7-14/h2-4,12,15H,5-6,8-10H2,1H3. The summed E-state index contributed by atoms with van der Waals surface area (Å²) in [6.45, 7) is 4.17. The largest absolute Gasteiger partial charge is 0.374 e. The highest BCUT2D eigenvalue weighted by Crippen LogP contribution is 2.08. The van der Waals surface area contributed by atoms with E-state index in [4.69, 9.17) is 10.00 Å². The van der Waals surface area contributed by atoms with Crippen molar-refractivity contribution in [2.24, 2.45) is 0 Å². The maximum atomic E-state index is 8.99. The molecular weight excluding hydrogens is 228 g/mol. The maximum Gasteiger partial charge on any atom is 0.144 e. The highest BCUT2D eigenvalue weighted by molar-refractivity contribution is 5.30. The molecule has 0 bridgehead atoms. The van der Waals surface area contributed by atoms with Gasteiger partial charge in [0.15, 0.2) is 0 Å². The molecule has 0 radical (unpaired) electrons. The van der Waals surface area contributed by atoms with Crippen LogP contribution in [0.2, 0.25) is 0 Å². The summed E-state index contributed by atoms with van der Waals surface area (Å²) in [5.41, 5.74) is 1.47. The van der Waals surface area contributed by atoms with Crippen molar-refractivity contribution in [1.29, 1.82) is 5.26 Å². The molecule has 96 valence electrons. The van der Waals surface area contributed by atoms with Gasteiger partial charge in [-0.1, -0.05) is 6.07 Å². The lowest BCUT2D eigenvalue weighted by Crippen LogP contribution is -2.44. The Morgan fingerprint density at radius 1 is 1.67 bits per heavy atom. The average Bonchev–Trinajstić information content (AvgIpc) is 2.40. The van der Waals surface area contributed by atoms with Crippen LogP contribution in [0, 0.1) is 11.3 Å². The topological polar surface area (TPSA) is 61.2 Å². The van der Waals surface area contributed by atoms with Crippen molar-refractivity contribution < 1.29 is 4.74 Å². The van der Waals surface area contributed by atoms with Gasteiger partial charge in [-0.3, -0.25) is 4.90 Å². The molecule has 1 aliphatic rings. The van der Waals surface area contributed by atoms with E-state index in [0.717, 1.165) is 38.3 Å². The van der Waals surface area contributed by atoms with Crippen molar-refractivity contribution in [3.8, 4) is 6.07 Å². The Morgan fingerprint density at radius 2 is 2.56 bits per heavy atom. The molecule has 1 fully saturated rings. The van der Waals surface area contributed by atoms with E-state index in [9.17, 15) is 0 Å². The number of rotatable bonds is 4. The minimum Gasteiger partial charge on any atom is -0.374 e. The fourth-order valence-electron chi connectivity index (χ4n) is 2.11. The molecule has 0 aliphatic carbocycles. The van der Waals surface area contributed by atoms with Crippen LogP contribution in [0.4, 0.5) is 0 Å². The highest BCUT2D eigenvalue weighted by atomic mass is 16.5. The second kappa shape index (κ2) is 6.45. The number of hydrogen-bond donors (Lipinski definition) is 1. The van der Waals surface area contributed by atoms with Gasteiger partial charge in [0.1, 0.15) is 11.8 Å². The fraction of sp³-hybridized carbons (Fsp3) is 0.538. The van der Waals surface area contributed by atoms with Gasteiger partial charge >= 0.3 is 0 Å². The van der Waals surface area contributed by atoms with Crippen molar-refractivity contribution in [3.63, 3.8) is 0 Å². The summed E-state index contributed by atoms with van der Waals surface area (Å²) in [6, 6.07) is 5.93. The molecule has 5 nitrogen and oxygen atoms in total. The summed E-state index contributed by atoms with van der Waals surface area (Å²) in [4.78, 5) is 6.23. The summed E-state index contributed by atoms with van der Waals surface area (Å²) in [5.74, 6) is 0. The van der Waals surface area contributed by atoms with Gasteiger partial charge < -0.3 is 10.1 Å². The van der Waals surface area contributed by atoms with Crippen molar-refractivity contribution in [1.82, 2.24) is 15.2 Å². The van der Waals surface area contributed by atoms with Crippen LogP contribution in [0.1, 0.15) is 11.3 Å². The van der Waals surface area contributed by atoms with Crippen LogP contribution in [0.25, 0.3) is 0 Å². The van der Waals surface area contributed by atoms with Crippen LogP contribution >= 0.6 is 0 Å². The van der Waals surface area contributed by atoms with Gasteiger partial charge in [0, 0.05) is 37.9 Å². The Bertz CT molecular complexity index is 423. The first-order chi connectivity index (χ1) is 8.79. The van der Waals surface area contributed by atoms with E-state index in [-0.39, 0.29) is 6.10 Å². The lowest BCUT2D eigenvalue weighted by atomic mass is 10.2.